The molecular weight excluding hydrogens is 241 g/mol. The average molecular weight is 261 g/mol. The third kappa shape index (κ3) is 3.89. The number of nitrogens with zero attached hydrogens (tertiary/aromatic N) is 2. The van der Waals surface area contributed by atoms with Gasteiger partial charge in [0, 0.05) is 19.3 Å². The minimum Gasteiger partial charge on any atom is -0.310 e. The van der Waals surface area contributed by atoms with Crippen LogP contribution < -0.4 is 5.32 Å². The molecule has 1 aromatic heterocycles. The Morgan fingerprint density at radius 1 is 1.32 bits per heavy atom. The van der Waals surface area contributed by atoms with Gasteiger partial charge in [0.15, 0.2) is 0 Å². The van der Waals surface area contributed by atoms with Crippen molar-refractivity contribution in [2.45, 2.75) is 25.8 Å². The fraction of sp³-hybridized carbons (Fsp3) is 0.400. The first kappa shape index (κ1) is 13.7. The normalized spacial score (nSPS) is 12.6. The van der Waals surface area contributed by atoms with Crippen molar-refractivity contribution in [1.29, 1.82) is 0 Å². The van der Waals surface area contributed by atoms with Crippen LogP contribution in [0.25, 0.3) is 0 Å². The molecule has 0 spiro atoms. The summed E-state index contributed by atoms with van der Waals surface area (Å²) in [6, 6.07) is 6.92. The Kier molecular flexibility index (Phi) is 4.68. The van der Waals surface area contributed by atoms with E-state index in [4.69, 9.17) is 0 Å². The molecule has 3 nitrogen and oxygen atoms in total. The maximum absolute atomic E-state index is 13.0. The summed E-state index contributed by atoms with van der Waals surface area (Å²) in [6.45, 7) is 3.08. The summed E-state index contributed by atoms with van der Waals surface area (Å²) in [5.74, 6) is -0.195. The highest BCUT2D eigenvalue weighted by atomic mass is 19.1. The number of rotatable bonds is 6. The van der Waals surface area contributed by atoms with E-state index in [2.05, 4.69) is 17.3 Å². The van der Waals surface area contributed by atoms with Crippen LogP contribution in [0.2, 0.25) is 0 Å². The van der Waals surface area contributed by atoms with E-state index in [0.29, 0.717) is 0 Å². The van der Waals surface area contributed by atoms with Crippen LogP contribution in [-0.2, 0) is 13.5 Å². The van der Waals surface area contributed by atoms with Crippen LogP contribution in [0.3, 0.4) is 0 Å². The highest BCUT2D eigenvalue weighted by Crippen LogP contribution is 2.18. The zero-order chi connectivity index (χ0) is 13.7. The molecule has 0 amide bonds. The van der Waals surface area contributed by atoms with Crippen LogP contribution in [0.5, 0.6) is 0 Å². The monoisotopic (exact) mass is 261 g/mol. The molecule has 0 aliphatic heterocycles. The highest BCUT2D eigenvalue weighted by Gasteiger charge is 2.12. The SMILES string of the molecule is CCCNC(Cc1cnn(C)c1)c1ccc(F)cc1. The summed E-state index contributed by atoms with van der Waals surface area (Å²) in [4.78, 5) is 0. The van der Waals surface area contributed by atoms with Crippen LogP contribution in [0.4, 0.5) is 4.39 Å². The van der Waals surface area contributed by atoms with Gasteiger partial charge in [-0.2, -0.15) is 5.10 Å². The van der Waals surface area contributed by atoms with Crippen LogP contribution >= 0.6 is 0 Å². The Labute approximate surface area is 113 Å². The highest BCUT2D eigenvalue weighted by molar-refractivity contribution is 5.22. The second-order valence-corrected chi connectivity index (χ2v) is 4.78. The van der Waals surface area contributed by atoms with Crippen molar-refractivity contribution in [3.05, 3.63) is 53.6 Å². The maximum Gasteiger partial charge on any atom is 0.123 e. The fourth-order valence-corrected chi connectivity index (χ4v) is 2.13. The van der Waals surface area contributed by atoms with Crippen molar-refractivity contribution in [3.8, 4) is 0 Å². The number of nitrogens with one attached hydrogen (secondary N) is 1. The predicted molar refractivity (Wildman–Crippen MR) is 74.3 cm³/mol. The van der Waals surface area contributed by atoms with Crippen molar-refractivity contribution in [2.24, 2.45) is 7.05 Å². The molecule has 1 atom stereocenters. The van der Waals surface area contributed by atoms with Crippen molar-refractivity contribution in [1.82, 2.24) is 15.1 Å². The summed E-state index contributed by atoms with van der Waals surface area (Å²) in [7, 11) is 1.91. The lowest BCUT2D eigenvalue weighted by Gasteiger charge is -2.18. The van der Waals surface area contributed by atoms with Gasteiger partial charge in [-0.25, -0.2) is 4.39 Å². The summed E-state index contributed by atoms with van der Waals surface area (Å²) in [6.07, 6.45) is 5.83. The molecule has 1 heterocycles. The Balaban J connectivity index is 2.13. The zero-order valence-corrected chi connectivity index (χ0v) is 11.4. The average Bonchev–Trinajstić information content (AvgIpc) is 2.81. The number of hydrogen-bond donors (Lipinski definition) is 1. The topological polar surface area (TPSA) is 29.9 Å². The number of halogens is 1. The molecule has 0 aliphatic carbocycles. The Morgan fingerprint density at radius 3 is 2.63 bits per heavy atom. The Hall–Kier alpha value is -1.68. The summed E-state index contributed by atoms with van der Waals surface area (Å²) in [5.41, 5.74) is 2.29. The third-order valence-electron chi connectivity index (χ3n) is 3.11. The smallest absolute Gasteiger partial charge is 0.123 e. The molecule has 2 aromatic rings. The van der Waals surface area contributed by atoms with Gasteiger partial charge in [0.1, 0.15) is 5.82 Å². The first-order valence-electron chi connectivity index (χ1n) is 6.65. The maximum atomic E-state index is 13.0. The molecule has 1 N–H and O–H groups in total. The van der Waals surface area contributed by atoms with Gasteiger partial charge >= 0.3 is 0 Å². The quantitative estimate of drug-likeness (QED) is 0.866. The molecular formula is C15H20FN3. The van der Waals surface area contributed by atoms with Crippen LogP contribution in [0.15, 0.2) is 36.7 Å². The van der Waals surface area contributed by atoms with Crippen LogP contribution in [-0.4, -0.2) is 16.3 Å². The minimum absolute atomic E-state index is 0.195. The molecule has 0 radical (unpaired) electrons. The number of aromatic nitrogens is 2. The number of aryl methyl sites for hydroxylation is 1. The lowest BCUT2D eigenvalue weighted by Crippen LogP contribution is -2.24. The fourth-order valence-electron chi connectivity index (χ4n) is 2.13. The molecule has 1 unspecified atom stereocenters. The van der Waals surface area contributed by atoms with Gasteiger partial charge in [0.05, 0.1) is 6.20 Å². The molecule has 2 rings (SSSR count). The molecule has 1 aromatic carbocycles. The van der Waals surface area contributed by atoms with Gasteiger partial charge in [-0.05, 0) is 42.6 Å². The van der Waals surface area contributed by atoms with E-state index in [0.717, 1.165) is 24.9 Å². The lowest BCUT2D eigenvalue weighted by atomic mass is 10.0. The van der Waals surface area contributed by atoms with Crippen LogP contribution in [0.1, 0.15) is 30.5 Å². The second kappa shape index (κ2) is 6.48. The van der Waals surface area contributed by atoms with Crippen molar-refractivity contribution in [3.63, 3.8) is 0 Å². The van der Waals surface area contributed by atoms with Gasteiger partial charge in [0.25, 0.3) is 0 Å². The zero-order valence-electron chi connectivity index (χ0n) is 11.4. The van der Waals surface area contributed by atoms with E-state index in [1.54, 1.807) is 4.68 Å². The molecule has 4 heteroatoms. The van der Waals surface area contributed by atoms with E-state index in [-0.39, 0.29) is 11.9 Å². The first-order chi connectivity index (χ1) is 9.19. The minimum atomic E-state index is -0.195. The second-order valence-electron chi connectivity index (χ2n) is 4.78. The number of benzene rings is 1. The van der Waals surface area contributed by atoms with Gasteiger partial charge in [-0.3, -0.25) is 4.68 Å². The summed E-state index contributed by atoms with van der Waals surface area (Å²) >= 11 is 0. The predicted octanol–water partition coefficient (Wildman–Crippen LogP) is 2.84. The molecule has 0 fully saturated rings. The number of hydrogen-bond acceptors (Lipinski definition) is 2. The molecule has 19 heavy (non-hydrogen) atoms. The standard InChI is InChI=1S/C15H20FN3/c1-3-8-17-15(9-12-10-18-19(2)11-12)13-4-6-14(16)7-5-13/h4-7,10-11,15,17H,3,8-9H2,1-2H3. The van der Waals surface area contributed by atoms with Crippen molar-refractivity contribution < 1.29 is 4.39 Å². The molecule has 0 aliphatic rings. The van der Waals surface area contributed by atoms with Gasteiger partial charge in [-0.15, -0.1) is 0 Å². The van der Waals surface area contributed by atoms with E-state index < -0.39 is 0 Å². The van der Waals surface area contributed by atoms with Crippen molar-refractivity contribution in [2.75, 3.05) is 6.54 Å². The summed E-state index contributed by atoms with van der Waals surface area (Å²) < 4.78 is 14.8. The van der Waals surface area contributed by atoms with E-state index in [1.165, 1.54) is 17.7 Å². The largest absolute Gasteiger partial charge is 0.310 e. The van der Waals surface area contributed by atoms with Crippen molar-refractivity contribution >= 4 is 0 Å². The van der Waals surface area contributed by atoms with E-state index >= 15 is 0 Å². The van der Waals surface area contributed by atoms with Gasteiger partial charge in [-0.1, -0.05) is 19.1 Å². The summed E-state index contributed by atoms with van der Waals surface area (Å²) in [5, 5.41) is 7.69. The third-order valence-corrected chi connectivity index (χ3v) is 3.11. The van der Waals surface area contributed by atoms with Crippen LogP contribution in [0, 0.1) is 5.82 Å². The van der Waals surface area contributed by atoms with Gasteiger partial charge in [0.2, 0.25) is 0 Å². The molecule has 102 valence electrons. The molecule has 0 saturated heterocycles. The molecule has 0 saturated carbocycles. The van der Waals surface area contributed by atoms with Gasteiger partial charge < -0.3 is 5.32 Å². The Morgan fingerprint density at radius 2 is 2.05 bits per heavy atom. The first-order valence-corrected chi connectivity index (χ1v) is 6.65. The van der Waals surface area contributed by atoms with E-state index in [1.807, 2.05) is 31.6 Å². The van der Waals surface area contributed by atoms with E-state index in [9.17, 15) is 4.39 Å². The molecule has 0 bridgehead atoms. The Bertz CT molecular complexity index is 504. The lowest BCUT2D eigenvalue weighted by molar-refractivity contribution is 0.527.